The smallest absolute Gasteiger partial charge is 0.302 e. The van der Waals surface area contributed by atoms with E-state index in [0.29, 0.717) is 5.15 Å². The van der Waals surface area contributed by atoms with Crippen LogP contribution in [0.3, 0.4) is 0 Å². The molecule has 0 N–H and O–H groups in total. The minimum Gasteiger partial charge on any atom is -0.461 e. The molecule has 0 spiro atoms. The van der Waals surface area contributed by atoms with Gasteiger partial charge in [-0.2, -0.15) is 0 Å². The van der Waals surface area contributed by atoms with Crippen LogP contribution in [0.15, 0.2) is 18.3 Å². The van der Waals surface area contributed by atoms with E-state index >= 15 is 0 Å². The van der Waals surface area contributed by atoms with Gasteiger partial charge in [0.2, 0.25) is 0 Å². The van der Waals surface area contributed by atoms with E-state index in [0.717, 1.165) is 5.56 Å². The van der Waals surface area contributed by atoms with Crippen molar-refractivity contribution < 1.29 is 9.53 Å². The van der Waals surface area contributed by atoms with Crippen molar-refractivity contribution in [2.24, 2.45) is 0 Å². The maximum absolute atomic E-state index is 10.4. The monoisotopic (exact) mass is 185 g/mol. The van der Waals surface area contributed by atoms with Crippen LogP contribution in [-0.2, 0) is 16.1 Å². The number of esters is 1. The normalized spacial score (nSPS) is 9.50. The highest BCUT2D eigenvalue weighted by Crippen LogP contribution is 2.12. The summed E-state index contributed by atoms with van der Waals surface area (Å²) < 4.78 is 4.75. The van der Waals surface area contributed by atoms with Gasteiger partial charge in [0.25, 0.3) is 0 Å². The predicted molar refractivity (Wildman–Crippen MR) is 44.7 cm³/mol. The van der Waals surface area contributed by atoms with Crippen molar-refractivity contribution in [1.29, 1.82) is 0 Å². The number of rotatable bonds is 2. The Hall–Kier alpha value is -1.09. The second-order valence-electron chi connectivity index (χ2n) is 2.23. The van der Waals surface area contributed by atoms with Crippen molar-refractivity contribution >= 4 is 17.6 Å². The molecule has 64 valence electrons. The number of pyridine rings is 1. The van der Waals surface area contributed by atoms with E-state index in [1.54, 1.807) is 18.3 Å². The van der Waals surface area contributed by atoms with Crippen LogP contribution < -0.4 is 0 Å². The highest BCUT2D eigenvalue weighted by atomic mass is 35.5. The first-order valence-electron chi connectivity index (χ1n) is 3.43. The molecule has 0 aliphatic heterocycles. The lowest BCUT2D eigenvalue weighted by molar-refractivity contribution is -0.142. The van der Waals surface area contributed by atoms with Gasteiger partial charge < -0.3 is 4.74 Å². The lowest BCUT2D eigenvalue weighted by Gasteiger charge is -2.02. The van der Waals surface area contributed by atoms with Crippen LogP contribution in [0.5, 0.6) is 0 Å². The number of ether oxygens (including phenoxy) is 1. The van der Waals surface area contributed by atoms with Crippen molar-refractivity contribution in [3.05, 3.63) is 29.0 Å². The molecule has 0 unspecified atom stereocenters. The Morgan fingerprint density at radius 1 is 1.75 bits per heavy atom. The maximum atomic E-state index is 10.4. The molecule has 1 aromatic heterocycles. The molecule has 0 saturated carbocycles. The molecular formula is C8H8ClNO2. The molecule has 1 aromatic rings. The summed E-state index contributed by atoms with van der Waals surface area (Å²) in [5.74, 6) is -0.324. The molecule has 0 atom stereocenters. The van der Waals surface area contributed by atoms with Crippen LogP contribution in [-0.4, -0.2) is 11.0 Å². The molecule has 1 heterocycles. The van der Waals surface area contributed by atoms with Gasteiger partial charge in [-0.15, -0.1) is 0 Å². The molecular weight excluding hydrogens is 178 g/mol. The van der Waals surface area contributed by atoms with Crippen LogP contribution in [0, 0.1) is 0 Å². The number of nitrogens with zero attached hydrogens (tertiary/aromatic N) is 1. The van der Waals surface area contributed by atoms with E-state index in [4.69, 9.17) is 16.3 Å². The van der Waals surface area contributed by atoms with Crippen LogP contribution >= 0.6 is 11.6 Å². The van der Waals surface area contributed by atoms with Crippen molar-refractivity contribution in [3.8, 4) is 0 Å². The average molecular weight is 186 g/mol. The van der Waals surface area contributed by atoms with Crippen molar-refractivity contribution in [3.63, 3.8) is 0 Å². The molecule has 0 aromatic carbocycles. The number of carbonyl (C=O) groups excluding carboxylic acids is 1. The minimum absolute atomic E-state index is 0.183. The van der Waals surface area contributed by atoms with Gasteiger partial charge in [0.15, 0.2) is 0 Å². The summed E-state index contributed by atoms with van der Waals surface area (Å²) >= 11 is 5.71. The molecule has 0 amide bonds. The van der Waals surface area contributed by atoms with E-state index in [9.17, 15) is 4.79 Å². The molecule has 0 aliphatic rings. The molecule has 4 heteroatoms. The van der Waals surface area contributed by atoms with Crippen molar-refractivity contribution in [1.82, 2.24) is 4.98 Å². The lowest BCUT2D eigenvalue weighted by Crippen LogP contribution is -1.99. The second kappa shape index (κ2) is 4.07. The van der Waals surface area contributed by atoms with E-state index in [-0.39, 0.29) is 12.6 Å². The fraction of sp³-hybridized carbons (Fsp3) is 0.250. The van der Waals surface area contributed by atoms with Gasteiger partial charge in [-0.05, 0) is 6.07 Å². The zero-order valence-corrected chi connectivity index (χ0v) is 7.34. The van der Waals surface area contributed by atoms with Gasteiger partial charge in [0.05, 0.1) is 0 Å². The number of halogens is 1. The first kappa shape index (κ1) is 9.00. The fourth-order valence-corrected chi connectivity index (χ4v) is 0.880. The lowest BCUT2D eigenvalue weighted by atomic mass is 10.3. The van der Waals surface area contributed by atoms with Crippen LogP contribution in [0.1, 0.15) is 12.5 Å². The largest absolute Gasteiger partial charge is 0.461 e. The Morgan fingerprint density at radius 3 is 3.08 bits per heavy atom. The minimum atomic E-state index is -0.324. The summed E-state index contributed by atoms with van der Waals surface area (Å²) in [5, 5.41) is 0.374. The first-order valence-corrected chi connectivity index (χ1v) is 3.80. The molecule has 0 saturated heterocycles. The molecule has 0 aliphatic carbocycles. The van der Waals surface area contributed by atoms with Crippen molar-refractivity contribution in [2.45, 2.75) is 13.5 Å². The zero-order chi connectivity index (χ0) is 8.97. The summed E-state index contributed by atoms with van der Waals surface area (Å²) in [7, 11) is 0. The van der Waals surface area contributed by atoms with Gasteiger partial charge in [-0.25, -0.2) is 4.98 Å². The summed E-state index contributed by atoms with van der Waals surface area (Å²) in [4.78, 5) is 14.3. The third-order valence-electron chi connectivity index (χ3n) is 1.27. The number of aromatic nitrogens is 1. The molecule has 0 fully saturated rings. The third kappa shape index (κ3) is 2.51. The Kier molecular flexibility index (Phi) is 3.05. The molecule has 12 heavy (non-hydrogen) atoms. The third-order valence-corrected chi connectivity index (χ3v) is 1.61. The van der Waals surface area contributed by atoms with Gasteiger partial charge >= 0.3 is 5.97 Å². The molecule has 3 nitrogen and oxygen atoms in total. The number of hydrogen-bond donors (Lipinski definition) is 0. The van der Waals surface area contributed by atoms with E-state index in [1.165, 1.54) is 6.92 Å². The Balaban J connectivity index is 2.63. The summed E-state index contributed by atoms with van der Waals surface area (Å²) in [6.07, 6.45) is 1.58. The quantitative estimate of drug-likeness (QED) is 0.521. The molecule has 1 rings (SSSR count). The number of carbonyl (C=O) groups is 1. The standard InChI is InChI=1S/C8H8ClNO2/c1-6(11)12-5-7-3-2-4-10-8(7)9/h2-4H,5H2,1H3. The van der Waals surface area contributed by atoms with Gasteiger partial charge in [0, 0.05) is 18.7 Å². The van der Waals surface area contributed by atoms with Gasteiger partial charge in [0.1, 0.15) is 11.8 Å². The predicted octanol–water partition coefficient (Wildman–Crippen LogP) is 1.80. The first-order chi connectivity index (χ1) is 5.70. The summed E-state index contributed by atoms with van der Waals surface area (Å²) in [6, 6.07) is 3.50. The van der Waals surface area contributed by atoms with Gasteiger partial charge in [-0.1, -0.05) is 17.7 Å². The molecule has 0 bridgehead atoms. The summed E-state index contributed by atoms with van der Waals surface area (Å²) in [5.41, 5.74) is 0.717. The Bertz CT molecular complexity index is 288. The van der Waals surface area contributed by atoms with Crippen LogP contribution in [0.25, 0.3) is 0 Å². The van der Waals surface area contributed by atoms with Crippen LogP contribution in [0.2, 0.25) is 5.15 Å². The summed E-state index contributed by atoms with van der Waals surface area (Å²) in [6.45, 7) is 1.53. The van der Waals surface area contributed by atoms with E-state index in [1.807, 2.05) is 0 Å². The van der Waals surface area contributed by atoms with Crippen molar-refractivity contribution in [2.75, 3.05) is 0 Å². The van der Waals surface area contributed by atoms with E-state index < -0.39 is 0 Å². The SMILES string of the molecule is CC(=O)OCc1cccnc1Cl. The fourth-order valence-electron chi connectivity index (χ4n) is 0.706. The number of hydrogen-bond acceptors (Lipinski definition) is 3. The van der Waals surface area contributed by atoms with Crippen LogP contribution in [0.4, 0.5) is 0 Å². The second-order valence-corrected chi connectivity index (χ2v) is 2.59. The zero-order valence-electron chi connectivity index (χ0n) is 6.58. The topological polar surface area (TPSA) is 39.2 Å². The highest BCUT2D eigenvalue weighted by molar-refractivity contribution is 6.30. The van der Waals surface area contributed by atoms with Gasteiger partial charge in [-0.3, -0.25) is 4.79 Å². The van der Waals surface area contributed by atoms with E-state index in [2.05, 4.69) is 4.98 Å². The average Bonchev–Trinajstić information content (AvgIpc) is 2.03. The Labute approximate surface area is 75.3 Å². The maximum Gasteiger partial charge on any atom is 0.302 e. The molecule has 0 radical (unpaired) electrons. The Morgan fingerprint density at radius 2 is 2.50 bits per heavy atom. The highest BCUT2D eigenvalue weighted by Gasteiger charge is 2.01.